The predicted molar refractivity (Wildman–Crippen MR) is 416 cm³/mol. The fourth-order valence-electron chi connectivity index (χ4n) is 23.3. The Bertz CT molecular complexity index is 3870. The molecule has 5 aliphatic carbocycles. The molecule has 52 atom stereocenters. The van der Waals surface area contributed by atoms with Crippen LogP contribution in [0, 0.1) is 50.2 Å². The van der Waals surface area contributed by atoms with Crippen molar-refractivity contribution in [2.75, 3.05) is 33.0 Å². The second kappa shape index (κ2) is 38.9. The highest BCUT2D eigenvalue weighted by atomic mass is 16.8. The molecule has 0 aromatic rings. The van der Waals surface area contributed by atoms with Gasteiger partial charge >= 0.3 is 17.9 Å². The maximum atomic E-state index is 16.4. The highest BCUT2D eigenvalue weighted by Gasteiger charge is 2.74. The minimum Gasteiger partial charge on any atom is -0.479 e. The van der Waals surface area contributed by atoms with E-state index in [9.17, 15) is 132 Å². The molecule has 13 fully saturated rings. The Morgan fingerprint density at radius 1 is 0.419 bits per heavy atom. The molecule has 14 rings (SSSR count). The Hall–Kier alpha value is -3.74. The fourth-order valence-corrected chi connectivity index (χ4v) is 23.3. The summed E-state index contributed by atoms with van der Waals surface area (Å²) in [5.41, 5.74) is -5.57. The molecule has 0 aromatic heterocycles. The third kappa shape index (κ3) is 18.2. The Kier molecular flexibility index (Phi) is 30.5. The van der Waals surface area contributed by atoms with E-state index < -0.39 is 366 Å². The maximum absolute atomic E-state index is 16.4. The summed E-state index contributed by atoms with van der Waals surface area (Å²) >= 11 is 0. The lowest BCUT2D eigenvalue weighted by molar-refractivity contribution is -0.392. The smallest absolute Gasteiger partial charge is 0.335 e. The molecule has 9 heterocycles. The zero-order valence-electron chi connectivity index (χ0n) is 72.9. The molecule has 0 aromatic carbocycles. The van der Waals surface area contributed by atoms with Gasteiger partial charge in [-0.15, -0.1) is 0 Å². The van der Waals surface area contributed by atoms with Crippen molar-refractivity contribution in [2.24, 2.45) is 50.2 Å². The van der Waals surface area contributed by atoms with Gasteiger partial charge in [-0.1, -0.05) is 53.2 Å². The zero-order chi connectivity index (χ0) is 94.2. The standard InChI is InChI=1S/C83H130O46/c1-27-58(121-70-56(106)61(35(90)25-113-70)123-72-51(101)46(96)44(94)36(21-84)118-72)48(98)53(103)71(114-27)127-65-54(104)59(122-74-57(107)63(60(29(3)115-74)117-30(4)87)125-69-50(100)43(93)34(89)24-112-69)28(2)116-75(65)129-77(110)83-18-17-78(5,6)19-32(83)31-11-12-39-79(7)15-14-41(80(8,26-86)38(79)13-16-81(39,9)82(31,10)20-40(83)91)120-76-66(128-73-52(102)47(97)45(95)37(22-85)119-73)62(55(105)64(126-76)67(108)109)124-68-49(99)42(92)33(88)23-111-68/h11,26-29,32-66,68-76,84-85,88-107H,12-25H2,1-10H3,(H,108,109)/t27-,28+,29+,32-,33+,34+,35+,36+,37+,38+,39+,40+,41-,42-,43-,44+,45-,46-,47-,48-,49+,50+,51+,52+,53+,54-,55-,56+,57+,58-,59-,60+,61-,62-,63+,64-,65+,66+,68-,69-,70-,71-,72-,73-,74-,75-,76+,79-,80-,81+,82+,83+/m0/s1. The molecule has 23 N–H and O–H groups in total. The number of fused-ring (bicyclic) bond motifs is 7. The average molecular weight is 1860 g/mol. The lowest BCUT2D eigenvalue weighted by Crippen LogP contribution is -2.69. The molecule has 0 bridgehead atoms. The quantitative estimate of drug-likeness (QED) is 0.0195. The summed E-state index contributed by atoms with van der Waals surface area (Å²) in [6.45, 7) is 13.5. The van der Waals surface area contributed by atoms with Crippen LogP contribution in [0.15, 0.2) is 11.6 Å². The van der Waals surface area contributed by atoms with Gasteiger partial charge in [0.25, 0.3) is 0 Å². The minimum absolute atomic E-state index is 0.00456. The van der Waals surface area contributed by atoms with Gasteiger partial charge in [0.15, 0.2) is 68.6 Å². The number of aliphatic hydroxyl groups is 22. The Balaban J connectivity index is 0.742. The molecule has 0 unspecified atom stereocenters. The number of carbonyl (C=O) groups excluding carboxylic acids is 3. The summed E-state index contributed by atoms with van der Waals surface area (Å²) in [5.74, 6) is -5.38. The summed E-state index contributed by atoms with van der Waals surface area (Å²) in [5, 5.41) is 257. The number of hydrogen-bond donors (Lipinski definition) is 23. The second-order valence-corrected chi connectivity index (χ2v) is 39.3. The molecule has 9 saturated heterocycles. The van der Waals surface area contributed by atoms with E-state index >= 15 is 4.79 Å². The van der Waals surface area contributed by atoms with Gasteiger partial charge < -0.3 is 212 Å². The molecule has 0 spiro atoms. The summed E-state index contributed by atoms with van der Waals surface area (Å²) in [7, 11) is 0. The van der Waals surface area contributed by atoms with Gasteiger partial charge in [0.05, 0.1) is 69.0 Å². The van der Waals surface area contributed by atoms with Gasteiger partial charge in [-0.25, -0.2) is 4.79 Å². The lowest BCUT2D eigenvalue weighted by Gasteiger charge is -2.71. The summed E-state index contributed by atoms with van der Waals surface area (Å²) in [6.07, 6.45) is -76.6. The van der Waals surface area contributed by atoms with E-state index in [1.165, 1.54) is 20.8 Å². The number of aliphatic carboxylic acids is 1. The Morgan fingerprint density at radius 2 is 0.876 bits per heavy atom. The van der Waals surface area contributed by atoms with Crippen LogP contribution in [-0.2, 0) is 109 Å². The van der Waals surface area contributed by atoms with E-state index in [0.29, 0.717) is 32.1 Å². The number of esters is 2. The second-order valence-electron chi connectivity index (χ2n) is 39.3. The normalized spacial score (nSPS) is 54.2. The Morgan fingerprint density at radius 3 is 1.43 bits per heavy atom. The number of carboxylic acid groups (broad SMARTS) is 1. The van der Waals surface area contributed by atoms with Gasteiger partial charge in [-0.2, -0.15) is 0 Å². The van der Waals surface area contributed by atoms with Crippen LogP contribution in [0.4, 0.5) is 0 Å². The molecule has 0 radical (unpaired) electrons. The number of hydrogen-bond acceptors (Lipinski definition) is 45. The number of carboxylic acids is 1. The van der Waals surface area contributed by atoms with Gasteiger partial charge in [0, 0.05) is 6.92 Å². The molecular formula is C83H130O46. The van der Waals surface area contributed by atoms with Crippen LogP contribution in [0.3, 0.4) is 0 Å². The molecule has 14 aliphatic rings. The summed E-state index contributed by atoms with van der Waals surface area (Å²) in [4.78, 5) is 56.6. The molecular weight excluding hydrogens is 1730 g/mol. The minimum atomic E-state index is -2.27. The first-order valence-corrected chi connectivity index (χ1v) is 44.2. The van der Waals surface area contributed by atoms with Crippen LogP contribution in [0.1, 0.15) is 127 Å². The molecule has 738 valence electrons. The van der Waals surface area contributed by atoms with Gasteiger partial charge in [-0.3, -0.25) is 9.59 Å². The van der Waals surface area contributed by atoms with Crippen molar-refractivity contribution >= 4 is 24.2 Å². The van der Waals surface area contributed by atoms with Crippen molar-refractivity contribution in [1.82, 2.24) is 0 Å². The first-order chi connectivity index (χ1) is 60.6. The van der Waals surface area contributed by atoms with E-state index in [1.807, 2.05) is 20.8 Å². The lowest BCUT2D eigenvalue weighted by atomic mass is 9.33. The van der Waals surface area contributed by atoms with Crippen LogP contribution in [0.5, 0.6) is 0 Å². The maximum Gasteiger partial charge on any atom is 0.335 e. The van der Waals surface area contributed by atoms with Crippen molar-refractivity contribution in [3.05, 3.63) is 11.6 Å². The van der Waals surface area contributed by atoms with Crippen molar-refractivity contribution in [1.29, 1.82) is 0 Å². The van der Waals surface area contributed by atoms with Crippen LogP contribution in [0.25, 0.3) is 0 Å². The molecule has 0 amide bonds. The van der Waals surface area contributed by atoms with Crippen LogP contribution in [-0.4, -0.2) is 445 Å². The van der Waals surface area contributed by atoms with Crippen LogP contribution < -0.4 is 0 Å². The van der Waals surface area contributed by atoms with E-state index in [0.717, 1.165) is 18.8 Å². The van der Waals surface area contributed by atoms with E-state index in [2.05, 4.69) is 19.9 Å². The fraction of sp³-hybridized carbons (Fsp3) is 0.928. The molecule has 46 heteroatoms. The van der Waals surface area contributed by atoms with Crippen molar-refractivity contribution in [2.45, 2.75) is 397 Å². The van der Waals surface area contributed by atoms with Crippen LogP contribution in [0.2, 0.25) is 0 Å². The van der Waals surface area contributed by atoms with Crippen molar-refractivity contribution in [3.8, 4) is 0 Å². The largest absolute Gasteiger partial charge is 0.479 e. The van der Waals surface area contributed by atoms with Crippen LogP contribution >= 0.6 is 0 Å². The van der Waals surface area contributed by atoms with Gasteiger partial charge in [-0.05, 0) is 118 Å². The molecule has 4 saturated carbocycles. The van der Waals surface area contributed by atoms with E-state index in [-0.39, 0.29) is 31.6 Å². The van der Waals surface area contributed by atoms with E-state index in [4.69, 9.17) is 90.0 Å². The zero-order valence-corrected chi connectivity index (χ0v) is 72.9. The molecule has 46 nitrogen and oxygen atoms in total. The number of carbonyl (C=O) groups is 4. The number of rotatable bonds is 23. The monoisotopic (exact) mass is 1860 g/mol. The topological polar surface area (TPSA) is 709 Å². The van der Waals surface area contributed by atoms with E-state index in [1.54, 1.807) is 6.92 Å². The number of aliphatic hydroxyl groups excluding tert-OH is 22. The molecule has 9 aliphatic heterocycles. The van der Waals surface area contributed by atoms with Gasteiger partial charge in [0.1, 0.15) is 177 Å². The van der Waals surface area contributed by atoms with Crippen molar-refractivity contribution < 1.29 is 227 Å². The average Bonchev–Trinajstić information content (AvgIpc) is 0.666. The molecule has 129 heavy (non-hydrogen) atoms. The highest BCUT2D eigenvalue weighted by molar-refractivity contribution is 5.80. The SMILES string of the molecule is CC(=O)O[C@H]1[C@H](O[C@@H]2OC[C@@H](O)[C@H](O)[C@H]2O)[C@@H](O)[C@H](O[C@@H]2[C@H](O)[C@@H](O[C@@H]3O[C@@H](C)[C@H](O[C@@H]4OC[C@@H](O)[C@H](O[C@@H]5O[C@H](CO)[C@@H](O)[C@H](O)[C@H]5O)[C@H]4O)[C@@H](O)[C@H]3O)[C@H](OC(=O)[C@]34CCC(C)(C)C[C@H]3C3=CC[C@@H]5[C@@]6(C)CC[C@H](O[C@@H]7O[C@H](C(=O)O)[C@@H](O)[C@H](O[C@@H]8OC[C@@H](O)[C@H](O)[C@H]8O)[C@H]7O[C@@H]7O[C@H](CO)[C@H](O)[C@H](O)[C@H]7O)[C@@](C)(C=O)[C@@H]6CC[C@@]5(C)[C@]3(C)C[C@H]4O)O[C@@H]2C)O[C@@H]1C. The first kappa shape index (κ1) is 101. The predicted octanol–water partition coefficient (Wildman–Crippen LogP) is -9.10. The number of allylic oxidation sites excluding steroid dienone is 2. The summed E-state index contributed by atoms with van der Waals surface area (Å²) < 4.78 is 115. The third-order valence-corrected chi connectivity index (χ3v) is 30.9. The Labute approximate surface area is 740 Å². The number of aldehydes is 1. The third-order valence-electron chi connectivity index (χ3n) is 30.9. The van der Waals surface area contributed by atoms with Crippen molar-refractivity contribution in [3.63, 3.8) is 0 Å². The van der Waals surface area contributed by atoms with Gasteiger partial charge in [0.2, 0.25) is 6.29 Å². The first-order valence-electron chi connectivity index (χ1n) is 44.2. The highest BCUT2D eigenvalue weighted by Crippen LogP contribution is 2.76. The number of ether oxygens (including phenoxy) is 19. The summed E-state index contributed by atoms with van der Waals surface area (Å²) in [6, 6.07) is 0.